The van der Waals surface area contributed by atoms with Crippen LogP contribution in [0.25, 0.3) is 0 Å². The van der Waals surface area contributed by atoms with E-state index in [0.29, 0.717) is 44.1 Å². The normalized spacial score (nSPS) is 19.3. The highest BCUT2D eigenvalue weighted by molar-refractivity contribution is 14.1. The molecule has 1 heterocycles. The predicted molar refractivity (Wildman–Crippen MR) is 130 cm³/mol. The topological polar surface area (TPSA) is 65.1 Å². The van der Waals surface area contributed by atoms with Crippen molar-refractivity contribution in [2.75, 3.05) is 34.0 Å². The molecular weight excluding hydrogens is 521 g/mol. The van der Waals surface area contributed by atoms with Crippen LogP contribution in [-0.2, 0) is 14.3 Å². The second kappa shape index (κ2) is 9.95. The van der Waals surface area contributed by atoms with Crippen molar-refractivity contribution >= 4 is 34.2 Å². The number of carbonyl (C=O) groups is 2. The number of allylic oxidation sites excluding steroid dienone is 4. The van der Waals surface area contributed by atoms with E-state index in [-0.39, 0.29) is 17.5 Å². The maximum atomic E-state index is 13.3. The van der Waals surface area contributed by atoms with E-state index in [4.69, 9.17) is 14.2 Å². The molecule has 2 aliphatic carbocycles. The summed E-state index contributed by atoms with van der Waals surface area (Å²) in [6, 6.07) is 4.00. The summed E-state index contributed by atoms with van der Waals surface area (Å²) in [6.07, 6.45) is 4.42. The second-order valence-corrected chi connectivity index (χ2v) is 9.48. The molecule has 7 heteroatoms. The summed E-state index contributed by atoms with van der Waals surface area (Å²) >= 11 is 2.24. The lowest BCUT2D eigenvalue weighted by Gasteiger charge is -2.44. The van der Waals surface area contributed by atoms with Gasteiger partial charge in [0.15, 0.2) is 23.1 Å². The van der Waals surface area contributed by atoms with Crippen molar-refractivity contribution in [3.63, 3.8) is 0 Å². The van der Waals surface area contributed by atoms with Gasteiger partial charge in [0.05, 0.1) is 23.9 Å². The maximum absolute atomic E-state index is 13.3. The molecule has 0 unspecified atom stereocenters. The van der Waals surface area contributed by atoms with Crippen LogP contribution in [0.3, 0.4) is 0 Å². The van der Waals surface area contributed by atoms with E-state index in [1.165, 1.54) is 0 Å². The van der Waals surface area contributed by atoms with Crippen LogP contribution in [0.4, 0.5) is 0 Å². The molecule has 0 N–H and O–H groups in total. The highest BCUT2D eigenvalue weighted by atomic mass is 127. The predicted octanol–water partition coefficient (Wildman–Crippen LogP) is 4.76. The molecule has 0 atom stereocenters. The molecule has 0 fully saturated rings. The summed E-state index contributed by atoms with van der Waals surface area (Å²) in [5.74, 6) is 1.27. The van der Waals surface area contributed by atoms with Crippen molar-refractivity contribution < 1.29 is 23.8 Å². The average Bonchev–Trinajstić information content (AvgIpc) is 2.77. The number of methoxy groups -OCH3 is 2. The van der Waals surface area contributed by atoms with Gasteiger partial charge in [0.25, 0.3) is 0 Å². The monoisotopic (exact) mass is 551 g/mol. The van der Waals surface area contributed by atoms with Crippen LogP contribution < -0.4 is 9.47 Å². The molecule has 3 aliphatic rings. The van der Waals surface area contributed by atoms with Crippen molar-refractivity contribution in [3.05, 3.63) is 43.8 Å². The molecule has 172 valence electrons. The van der Waals surface area contributed by atoms with Gasteiger partial charge >= 0.3 is 0 Å². The quantitative estimate of drug-likeness (QED) is 0.456. The summed E-state index contributed by atoms with van der Waals surface area (Å²) in [4.78, 5) is 28.9. The Kier molecular flexibility index (Phi) is 7.24. The highest BCUT2D eigenvalue weighted by Crippen LogP contribution is 2.50. The van der Waals surface area contributed by atoms with Crippen LogP contribution in [-0.4, -0.2) is 50.4 Å². The van der Waals surface area contributed by atoms with Gasteiger partial charge in [0, 0.05) is 55.0 Å². The summed E-state index contributed by atoms with van der Waals surface area (Å²) < 4.78 is 17.7. The van der Waals surface area contributed by atoms with Crippen LogP contribution in [0.5, 0.6) is 11.5 Å². The minimum absolute atomic E-state index is 0.146. The van der Waals surface area contributed by atoms with Crippen LogP contribution in [0.2, 0.25) is 0 Å². The minimum atomic E-state index is -0.349. The van der Waals surface area contributed by atoms with E-state index in [1.807, 2.05) is 19.1 Å². The Bertz CT molecular complexity index is 952. The van der Waals surface area contributed by atoms with Gasteiger partial charge in [-0.2, -0.15) is 0 Å². The molecule has 0 saturated heterocycles. The third-order valence-electron chi connectivity index (χ3n) is 6.47. The molecular formula is C25H30INO5. The van der Waals surface area contributed by atoms with Crippen LogP contribution in [0, 0.1) is 3.57 Å². The zero-order chi connectivity index (χ0) is 22.8. The molecule has 0 aromatic heterocycles. The zero-order valence-corrected chi connectivity index (χ0v) is 21.1. The highest BCUT2D eigenvalue weighted by Gasteiger charge is 2.43. The Labute approximate surface area is 203 Å². The number of carbonyl (C=O) groups excluding carboxylic acids is 2. The first-order valence-corrected chi connectivity index (χ1v) is 12.4. The van der Waals surface area contributed by atoms with Crippen molar-refractivity contribution in [2.45, 2.75) is 51.4 Å². The lowest BCUT2D eigenvalue weighted by Crippen LogP contribution is -2.40. The van der Waals surface area contributed by atoms with E-state index >= 15 is 0 Å². The number of hydrogen-bond acceptors (Lipinski definition) is 6. The number of rotatable bonds is 7. The Hall–Kier alpha value is -1.87. The summed E-state index contributed by atoms with van der Waals surface area (Å²) in [5, 5.41) is 0. The van der Waals surface area contributed by atoms with Crippen molar-refractivity contribution in [1.29, 1.82) is 0 Å². The van der Waals surface area contributed by atoms with Gasteiger partial charge in [-0.05, 0) is 72.9 Å². The molecule has 0 spiro atoms. The summed E-state index contributed by atoms with van der Waals surface area (Å²) in [5.41, 5.74) is 4.63. The van der Waals surface area contributed by atoms with Crippen molar-refractivity contribution in [3.8, 4) is 11.5 Å². The first-order valence-electron chi connectivity index (χ1n) is 11.3. The molecule has 0 amide bonds. The number of Topliss-reactive ketones (excluding diaryl/α,β-unsaturated/α-hetero) is 2. The number of ketones is 2. The van der Waals surface area contributed by atoms with Crippen molar-refractivity contribution in [1.82, 2.24) is 4.90 Å². The molecule has 0 bridgehead atoms. The van der Waals surface area contributed by atoms with E-state index in [2.05, 4.69) is 27.5 Å². The Balaban J connectivity index is 1.94. The lowest BCUT2D eigenvalue weighted by molar-refractivity contribution is -0.117. The van der Waals surface area contributed by atoms with Crippen LogP contribution in [0.1, 0.15) is 56.9 Å². The van der Waals surface area contributed by atoms with Gasteiger partial charge in [0.1, 0.15) is 0 Å². The molecule has 0 radical (unpaired) electrons. The van der Waals surface area contributed by atoms with Gasteiger partial charge in [-0.3, -0.25) is 9.59 Å². The van der Waals surface area contributed by atoms with Crippen molar-refractivity contribution in [2.24, 2.45) is 0 Å². The number of halogens is 1. The largest absolute Gasteiger partial charge is 0.492 e. The zero-order valence-electron chi connectivity index (χ0n) is 19.0. The van der Waals surface area contributed by atoms with Crippen LogP contribution in [0.15, 0.2) is 34.7 Å². The van der Waals surface area contributed by atoms with Gasteiger partial charge in [0.2, 0.25) is 0 Å². The number of benzene rings is 1. The number of ether oxygens (including phenoxy) is 3. The lowest BCUT2D eigenvalue weighted by atomic mass is 9.71. The standard InChI is InChI=1S/C25H30INO5/c1-4-32-21-14-15(13-16(26)25(21)31-3)22-23-17(7-5-9-19(23)28)27(11-12-30-2)18-8-6-10-20(29)24(18)22/h13-14,22H,4-12H2,1-3H3. The van der Waals surface area contributed by atoms with E-state index in [1.54, 1.807) is 14.2 Å². The number of nitrogens with zero attached hydrogens (tertiary/aromatic N) is 1. The fourth-order valence-electron chi connectivity index (χ4n) is 5.22. The third kappa shape index (κ3) is 4.09. The summed E-state index contributed by atoms with van der Waals surface area (Å²) in [6.45, 7) is 3.65. The van der Waals surface area contributed by atoms with Gasteiger partial charge in [-0.1, -0.05) is 0 Å². The molecule has 6 nitrogen and oxygen atoms in total. The Morgan fingerprint density at radius 3 is 2.16 bits per heavy atom. The fraction of sp³-hybridized carbons (Fsp3) is 0.520. The van der Waals surface area contributed by atoms with E-state index in [9.17, 15) is 9.59 Å². The third-order valence-corrected chi connectivity index (χ3v) is 7.28. The first kappa shape index (κ1) is 23.3. The maximum Gasteiger partial charge on any atom is 0.174 e. The number of hydrogen-bond donors (Lipinski definition) is 0. The van der Waals surface area contributed by atoms with Gasteiger partial charge < -0.3 is 19.1 Å². The molecule has 1 aliphatic heterocycles. The Morgan fingerprint density at radius 2 is 1.62 bits per heavy atom. The van der Waals surface area contributed by atoms with Gasteiger partial charge in [-0.25, -0.2) is 0 Å². The minimum Gasteiger partial charge on any atom is -0.492 e. The smallest absolute Gasteiger partial charge is 0.174 e. The molecule has 4 rings (SSSR count). The fourth-order valence-corrected chi connectivity index (χ4v) is 6.06. The van der Waals surface area contributed by atoms with E-state index in [0.717, 1.165) is 57.4 Å². The average molecular weight is 551 g/mol. The van der Waals surface area contributed by atoms with E-state index < -0.39 is 0 Å². The summed E-state index contributed by atoms with van der Waals surface area (Å²) in [7, 11) is 3.31. The SMILES string of the molecule is CCOc1cc(C2C3=C(CCCC3=O)N(CCOC)C3=C2C(=O)CCC3)cc(I)c1OC. The molecule has 0 saturated carbocycles. The molecule has 1 aromatic rings. The van der Waals surface area contributed by atoms with Crippen LogP contribution >= 0.6 is 22.6 Å². The van der Waals surface area contributed by atoms with Gasteiger partial charge in [-0.15, -0.1) is 0 Å². The molecule has 32 heavy (non-hydrogen) atoms. The Morgan fingerprint density at radius 1 is 1.00 bits per heavy atom. The molecule has 1 aromatic carbocycles. The second-order valence-electron chi connectivity index (χ2n) is 8.32. The first-order chi connectivity index (χ1) is 15.5.